The summed E-state index contributed by atoms with van der Waals surface area (Å²) in [5.74, 6) is 0.410. The SMILES string of the molecule is N#CCSc1ccc(-c2cccs2)nn1. The zero-order valence-corrected chi connectivity index (χ0v) is 9.38. The topological polar surface area (TPSA) is 49.6 Å². The average molecular weight is 233 g/mol. The van der Waals surface area contributed by atoms with Crippen LogP contribution in [0.25, 0.3) is 10.6 Å². The molecule has 0 spiro atoms. The van der Waals surface area contributed by atoms with E-state index in [9.17, 15) is 0 Å². The van der Waals surface area contributed by atoms with Gasteiger partial charge in [-0.05, 0) is 23.6 Å². The highest BCUT2D eigenvalue weighted by Crippen LogP contribution is 2.23. The standard InChI is InChI=1S/C10H7N3S2/c11-5-7-15-10-4-3-8(12-13-10)9-2-1-6-14-9/h1-4,6H,7H2. The number of aromatic nitrogens is 2. The fourth-order valence-electron chi connectivity index (χ4n) is 1.06. The van der Waals surface area contributed by atoms with E-state index in [0.29, 0.717) is 5.75 Å². The van der Waals surface area contributed by atoms with Gasteiger partial charge in [0.05, 0.1) is 16.7 Å². The van der Waals surface area contributed by atoms with Crippen LogP contribution in [0.5, 0.6) is 0 Å². The van der Waals surface area contributed by atoms with E-state index < -0.39 is 0 Å². The van der Waals surface area contributed by atoms with Crippen LogP contribution < -0.4 is 0 Å². The third-order valence-corrected chi connectivity index (χ3v) is 3.38. The Labute approximate surface area is 95.8 Å². The number of thioether (sulfide) groups is 1. The van der Waals surface area contributed by atoms with Gasteiger partial charge in [0.15, 0.2) is 0 Å². The predicted octanol–water partition coefficient (Wildman–Crippen LogP) is 2.82. The molecule has 5 heteroatoms. The third-order valence-electron chi connectivity index (χ3n) is 1.70. The number of nitrogens with zero attached hydrogens (tertiary/aromatic N) is 3. The Kier molecular flexibility index (Phi) is 3.33. The van der Waals surface area contributed by atoms with Crippen LogP contribution in [0.15, 0.2) is 34.7 Å². The molecule has 0 bridgehead atoms. The first-order valence-corrected chi connectivity index (χ1v) is 6.14. The largest absolute Gasteiger partial charge is 0.197 e. The van der Waals surface area contributed by atoms with Crippen molar-refractivity contribution in [3.63, 3.8) is 0 Å². The molecule has 0 aliphatic carbocycles. The van der Waals surface area contributed by atoms with Crippen LogP contribution in [0, 0.1) is 11.3 Å². The van der Waals surface area contributed by atoms with Gasteiger partial charge in [0, 0.05) is 0 Å². The molecule has 0 aromatic carbocycles. The summed E-state index contributed by atoms with van der Waals surface area (Å²) in [7, 11) is 0. The molecular weight excluding hydrogens is 226 g/mol. The van der Waals surface area contributed by atoms with Gasteiger partial charge < -0.3 is 0 Å². The van der Waals surface area contributed by atoms with Crippen LogP contribution in [0.3, 0.4) is 0 Å². The lowest BCUT2D eigenvalue weighted by Crippen LogP contribution is -1.87. The quantitative estimate of drug-likeness (QED) is 0.765. The Morgan fingerprint density at radius 3 is 2.87 bits per heavy atom. The number of hydrogen-bond donors (Lipinski definition) is 0. The molecule has 0 radical (unpaired) electrons. The van der Waals surface area contributed by atoms with Crippen molar-refractivity contribution >= 4 is 23.1 Å². The number of thiophene rings is 1. The summed E-state index contributed by atoms with van der Waals surface area (Å²) in [5, 5.41) is 19.4. The van der Waals surface area contributed by atoms with Gasteiger partial charge >= 0.3 is 0 Å². The molecule has 15 heavy (non-hydrogen) atoms. The second-order valence-corrected chi connectivity index (χ2v) is 4.62. The lowest BCUT2D eigenvalue weighted by Gasteiger charge is -1.97. The van der Waals surface area contributed by atoms with Gasteiger partial charge in [0.2, 0.25) is 0 Å². The van der Waals surface area contributed by atoms with Crippen molar-refractivity contribution in [2.45, 2.75) is 5.03 Å². The molecule has 2 rings (SSSR count). The van der Waals surface area contributed by atoms with E-state index in [4.69, 9.17) is 5.26 Å². The van der Waals surface area contributed by atoms with Gasteiger partial charge in [-0.2, -0.15) is 5.26 Å². The van der Waals surface area contributed by atoms with E-state index in [-0.39, 0.29) is 0 Å². The minimum absolute atomic E-state index is 0.410. The van der Waals surface area contributed by atoms with Crippen LogP contribution in [-0.4, -0.2) is 16.0 Å². The van der Waals surface area contributed by atoms with Crippen LogP contribution in [-0.2, 0) is 0 Å². The monoisotopic (exact) mass is 233 g/mol. The lowest BCUT2D eigenvalue weighted by molar-refractivity contribution is 0.938. The maximum absolute atomic E-state index is 8.42. The van der Waals surface area contributed by atoms with Crippen molar-refractivity contribution in [3.05, 3.63) is 29.6 Å². The molecule has 0 amide bonds. The highest BCUT2D eigenvalue weighted by Gasteiger charge is 2.01. The van der Waals surface area contributed by atoms with Gasteiger partial charge in [-0.15, -0.1) is 21.5 Å². The Morgan fingerprint density at radius 2 is 2.27 bits per heavy atom. The molecule has 0 saturated carbocycles. The molecule has 2 heterocycles. The minimum Gasteiger partial charge on any atom is -0.197 e. The van der Waals surface area contributed by atoms with Gasteiger partial charge in [-0.25, -0.2) is 0 Å². The van der Waals surface area contributed by atoms with Gasteiger partial charge in [0.1, 0.15) is 10.7 Å². The Bertz CT molecular complexity index is 456. The fourth-order valence-corrected chi connectivity index (χ4v) is 2.22. The van der Waals surface area contributed by atoms with Crippen LogP contribution >= 0.6 is 23.1 Å². The highest BCUT2D eigenvalue weighted by atomic mass is 32.2. The Hall–Kier alpha value is -1.38. The summed E-state index contributed by atoms with van der Waals surface area (Å²) >= 11 is 3.03. The summed E-state index contributed by atoms with van der Waals surface area (Å²) in [4.78, 5) is 1.11. The summed E-state index contributed by atoms with van der Waals surface area (Å²) in [5.41, 5.74) is 0.881. The molecule has 0 saturated heterocycles. The van der Waals surface area contributed by atoms with Gasteiger partial charge in [-0.3, -0.25) is 0 Å². The molecule has 0 aliphatic heterocycles. The van der Waals surface area contributed by atoms with E-state index in [0.717, 1.165) is 15.6 Å². The van der Waals surface area contributed by atoms with Gasteiger partial charge in [0.25, 0.3) is 0 Å². The second-order valence-electron chi connectivity index (χ2n) is 2.68. The van der Waals surface area contributed by atoms with E-state index in [2.05, 4.69) is 16.3 Å². The zero-order chi connectivity index (χ0) is 10.5. The van der Waals surface area contributed by atoms with Crippen molar-refractivity contribution in [1.82, 2.24) is 10.2 Å². The number of rotatable bonds is 3. The third kappa shape index (κ3) is 2.55. The van der Waals surface area contributed by atoms with E-state index >= 15 is 0 Å². The molecule has 0 aliphatic rings. The lowest BCUT2D eigenvalue weighted by atomic mass is 10.3. The molecule has 0 fully saturated rings. The normalized spacial score (nSPS) is 9.80. The van der Waals surface area contributed by atoms with E-state index in [1.54, 1.807) is 11.3 Å². The molecule has 2 aromatic heterocycles. The summed E-state index contributed by atoms with van der Waals surface area (Å²) < 4.78 is 0. The van der Waals surface area contributed by atoms with Crippen LogP contribution in [0.2, 0.25) is 0 Å². The van der Waals surface area contributed by atoms with E-state index in [1.165, 1.54) is 11.8 Å². The summed E-state index contributed by atoms with van der Waals surface area (Å²) in [6, 6.07) is 9.87. The summed E-state index contributed by atoms with van der Waals surface area (Å²) in [6.07, 6.45) is 0. The van der Waals surface area contributed by atoms with Crippen molar-refractivity contribution < 1.29 is 0 Å². The van der Waals surface area contributed by atoms with E-state index in [1.807, 2.05) is 29.6 Å². The van der Waals surface area contributed by atoms with Crippen molar-refractivity contribution in [1.29, 1.82) is 5.26 Å². The predicted molar refractivity (Wildman–Crippen MR) is 61.7 cm³/mol. The van der Waals surface area contributed by atoms with Crippen molar-refractivity contribution in [2.75, 3.05) is 5.75 Å². The van der Waals surface area contributed by atoms with Crippen LogP contribution in [0.1, 0.15) is 0 Å². The Morgan fingerprint density at radius 1 is 1.33 bits per heavy atom. The molecule has 2 aromatic rings. The molecule has 0 unspecified atom stereocenters. The molecule has 74 valence electrons. The molecule has 0 N–H and O–H groups in total. The highest BCUT2D eigenvalue weighted by molar-refractivity contribution is 7.99. The molecule has 3 nitrogen and oxygen atoms in total. The molecular formula is C10H7N3S2. The first-order chi connectivity index (χ1) is 7.40. The Balaban J connectivity index is 2.15. The molecule has 0 atom stereocenters. The first kappa shape index (κ1) is 10.1. The first-order valence-electron chi connectivity index (χ1n) is 4.27. The smallest absolute Gasteiger partial charge is 0.120 e. The zero-order valence-electron chi connectivity index (χ0n) is 7.75. The summed E-state index contributed by atoms with van der Waals surface area (Å²) in [6.45, 7) is 0. The number of hydrogen-bond acceptors (Lipinski definition) is 5. The van der Waals surface area contributed by atoms with Crippen molar-refractivity contribution in [3.8, 4) is 16.6 Å². The second kappa shape index (κ2) is 4.91. The van der Waals surface area contributed by atoms with Gasteiger partial charge in [-0.1, -0.05) is 17.8 Å². The maximum atomic E-state index is 8.42. The van der Waals surface area contributed by atoms with Crippen LogP contribution in [0.4, 0.5) is 0 Å². The fraction of sp³-hybridized carbons (Fsp3) is 0.100. The average Bonchev–Trinajstić information content (AvgIpc) is 2.80. The maximum Gasteiger partial charge on any atom is 0.120 e. The number of nitriles is 1. The van der Waals surface area contributed by atoms with Crippen molar-refractivity contribution in [2.24, 2.45) is 0 Å². The minimum atomic E-state index is 0.410.